The number of hydrogen-bond acceptors (Lipinski definition) is 7. The molecule has 1 amide bonds. The second kappa shape index (κ2) is 10.3. The number of likely N-dealkylation sites (N-methyl/N-ethyl adjacent to an activating group) is 1. The predicted molar refractivity (Wildman–Crippen MR) is 119 cm³/mol. The molecule has 0 spiro atoms. The van der Waals surface area contributed by atoms with Crippen molar-refractivity contribution in [2.24, 2.45) is 0 Å². The Labute approximate surface area is 176 Å². The van der Waals surface area contributed by atoms with Gasteiger partial charge in [0.05, 0.1) is 12.6 Å². The van der Waals surface area contributed by atoms with Gasteiger partial charge in [0, 0.05) is 24.1 Å². The summed E-state index contributed by atoms with van der Waals surface area (Å²) in [4.78, 5) is 22.3. The first-order valence-electron chi connectivity index (χ1n) is 9.61. The van der Waals surface area contributed by atoms with Crippen molar-refractivity contribution in [1.29, 1.82) is 0 Å². The molecule has 0 bridgehead atoms. The number of aliphatic hydroxyl groups is 1. The van der Waals surface area contributed by atoms with Crippen LogP contribution in [-0.2, 0) is 4.79 Å². The fourth-order valence-corrected chi connectivity index (χ4v) is 2.77. The zero-order chi connectivity index (χ0) is 21.3. The number of hydrogen-bond donors (Lipinski definition) is 4. The van der Waals surface area contributed by atoms with Gasteiger partial charge in [0.25, 0.3) is 0 Å². The van der Waals surface area contributed by atoms with E-state index in [9.17, 15) is 9.90 Å². The predicted octanol–water partition coefficient (Wildman–Crippen LogP) is 2.87. The van der Waals surface area contributed by atoms with Crippen molar-refractivity contribution in [2.75, 3.05) is 43.1 Å². The minimum absolute atomic E-state index is 0.0690. The summed E-state index contributed by atoms with van der Waals surface area (Å²) in [6, 6.07) is 18.5. The van der Waals surface area contributed by atoms with Crippen LogP contribution in [0.15, 0.2) is 66.9 Å². The number of nitrogens with one attached hydrogen (secondary N) is 3. The van der Waals surface area contributed by atoms with Gasteiger partial charge in [0.2, 0.25) is 11.9 Å². The summed E-state index contributed by atoms with van der Waals surface area (Å²) in [6.07, 6.45) is 1.01. The summed E-state index contributed by atoms with van der Waals surface area (Å²) in [7, 11) is 3.69. The third-order valence-electron chi connectivity index (χ3n) is 4.20. The largest absolute Gasteiger partial charge is 0.387 e. The van der Waals surface area contributed by atoms with Crippen molar-refractivity contribution in [3.8, 4) is 0 Å². The minimum Gasteiger partial charge on any atom is -0.387 e. The van der Waals surface area contributed by atoms with Gasteiger partial charge in [-0.1, -0.05) is 30.3 Å². The van der Waals surface area contributed by atoms with Gasteiger partial charge in [0.15, 0.2) is 0 Å². The van der Waals surface area contributed by atoms with Crippen LogP contribution in [0.5, 0.6) is 0 Å². The molecule has 1 aromatic heterocycles. The third kappa shape index (κ3) is 6.54. The summed E-state index contributed by atoms with van der Waals surface area (Å²) < 4.78 is 0. The van der Waals surface area contributed by atoms with Crippen LogP contribution in [0.1, 0.15) is 11.7 Å². The van der Waals surface area contributed by atoms with Crippen LogP contribution in [0.4, 0.5) is 23.1 Å². The Morgan fingerprint density at radius 3 is 2.43 bits per heavy atom. The maximum Gasteiger partial charge on any atom is 0.238 e. The van der Waals surface area contributed by atoms with Gasteiger partial charge in [-0.2, -0.15) is 4.98 Å². The maximum atomic E-state index is 11.8. The highest BCUT2D eigenvalue weighted by molar-refractivity contribution is 5.92. The number of carbonyl (C=O) groups excluding carboxylic acids is 1. The van der Waals surface area contributed by atoms with Crippen molar-refractivity contribution in [3.63, 3.8) is 0 Å². The SMILES string of the molecule is CN(C)CC(=O)Nc1ccc(Nc2nccc(NCC(O)c3ccccc3)n2)cc1. The number of aliphatic hydroxyl groups excluding tert-OH is 1. The van der Waals surface area contributed by atoms with E-state index in [4.69, 9.17) is 0 Å². The first-order valence-corrected chi connectivity index (χ1v) is 9.61. The topological polar surface area (TPSA) is 102 Å². The Bertz CT molecular complexity index is 947. The van der Waals surface area contributed by atoms with Crippen LogP contribution in [0.25, 0.3) is 0 Å². The summed E-state index contributed by atoms with van der Waals surface area (Å²) in [5.74, 6) is 0.967. The molecule has 156 valence electrons. The van der Waals surface area contributed by atoms with Crippen molar-refractivity contribution in [1.82, 2.24) is 14.9 Å². The molecule has 4 N–H and O–H groups in total. The number of nitrogens with zero attached hydrogens (tertiary/aromatic N) is 3. The fourth-order valence-electron chi connectivity index (χ4n) is 2.77. The van der Waals surface area contributed by atoms with E-state index >= 15 is 0 Å². The molecule has 0 radical (unpaired) electrons. The van der Waals surface area contributed by atoms with E-state index in [-0.39, 0.29) is 5.91 Å². The van der Waals surface area contributed by atoms with Gasteiger partial charge in [-0.15, -0.1) is 0 Å². The third-order valence-corrected chi connectivity index (χ3v) is 4.20. The lowest BCUT2D eigenvalue weighted by Crippen LogP contribution is -2.27. The molecule has 0 aliphatic rings. The summed E-state index contributed by atoms with van der Waals surface area (Å²) in [5.41, 5.74) is 2.36. The zero-order valence-electron chi connectivity index (χ0n) is 17.0. The Morgan fingerprint density at radius 1 is 1.03 bits per heavy atom. The van der Waals surface area contributed by atoms with Crippen LogP contribution < -0.4 is 16.0 Å². The molecular formula is C22H26N6O2. The highest BCUT2D eigenvalue weighted by Crippen LogP contribution is 2.18. The molecule has 0 fully saturated rings. The van der Waals surface area contributed by atoms with E-state index in [1.54, 1.807) is 12.3 Å². The average Bonchev–Trinajstić information content (AvgIpc) is 2.74. The quantitative estimate of drug-likeness (QED) is 0.433. The second-order valence-electron chi connectivity index (χ2n) is 7.06. The molecule has 1 unspecified atom stereocenters. The molecule has 3 aromatic rings. The number of carbonyl (C=O) groups is 1. The Morgan fingerprint density at radius 2 is 1.73 bits per heavy atom. The highest BCUT2D eigenvalue weighted by Gasteiger charge is 2.08. The first kappa shape index (κ1) is 21.2. The van der Waals surface area contributed by atoms with E-state index in [0.717, 1.165) is 16.9 Å². The van der Waals surface area contributed by atoms with Gasteiger partial charge < -0.3 is 26.0 Å². The molecule has 0 aliphatic heterocycles. The Balaban J connectivity index is 1.55. The Hall–Kier alpha value is -3.49. The van der Waals surface area contributed by atoms with Crippen molar-refractivity contribution in [3.05, 3.63) is 72.4 Å². The van der Waals surface area contributed by atoms with E-state index in [2.05, 4.69) is 25.9 Å². The van der Waals surface area contributed by atoms with Crippen LogP contribution >= 0.6 is 0 Å². The normalized spacial score (nSPS) is 11.7. The molecule has 3 rings (SSSR count). The van der Waals surface area contributed by atoms with Crippen molar-refractivity contribution in [2.45, 2.75) is 6.10 Å². The van der Waals surface area contributed by atoms with E-state index in [1.807, 2.05) is 73.6 Å². The maximum absolute atomic E-state index is 11.8. The highest BCUT2D eigenvalue weighted by atomic mass is 16.3. The number of rotatable bonds is 9. The Kier molecular flexibility index (Phi) is 7.31. The summed E-state index contributed by atoms with van der Waals surface area (Å²) >= 11 is 0. The number of aromatic nitrogens is 2. The van der Waals surface area contributed by atoms with Gasteiger partial charge in [0.1, 0.15) is 5.82 Å². The minimum atomic E-state index is -0.632. The van der Waals surface area contributed by atoms with Gasteiger partial charge in [-0.3, -0.25) is 4.79 Å². The monoisotopic (exact) mass is 406 g/mol. The average molecular weight is 406 g/mol. The lowest BCUT2D eigenvalue weighted by molar-refractivity contribution is -0.116. The zero-order valence-corrected chi connectivity index (χ0v) is 17.0. The lowest BCUT2D eigenvalue weighted by atomic mass is 10.1. The molecule has 0 aliphatic carbocycles. The number of amides is 1. The van der Waals surface area contributed by atoms with Crippen LogP contribution in [0.3, 0.4) is 0 Å². The second-order valence-corrected chi connectivity index (χ2v) is 7.06. The molecule has 2 aromatic carbocycles. The van der Waals surface area contributed by atoms with E-state index in [1.165, 1.54) is 0 Å². The van der Waals surface area contributed by atoms with E-state index < -0.39 is 6.10 Å². The molecule has 30 heavy (non-hydrogen) atoms. The smallest absolute Gasteiger partial charge is 0.238 e. The fraction of sp³-hybridized carbons (Fsp3) is 0.227. The molecular weight excluding hydrogens is 380 g/mol. The van der Waals surface area contributed by atoms with E-state index in [0.29, 0.717) is 24.9 Å². The number of benzene rings is 2. The molecule has 0 saturated heterocycles. The standard InChI is InChI=1S/C22H26N6O2/c1-28(2)15-21(30)25-17-8-10-18(11-9-17)26-22-23-13-12-20(27-22)24-14-19(29)16-6-4-3-5-7-16/h3-13,19,29H,14-15H2,1-2H3,(H,25,30)(H2,23,24,26,27). The molecule has 0 saturated carbocycles. The van der Waals surface area contributed by atoms with Gasteiger partial charge in [-0.25, -0.2) is 4.98 Å². The summed E-state index contributed by atoms with van der Waals surface area (Å²) in [6.45, 7) is 0.661. The van der Waals surface area contributed by atoms with Crippen LogP contribution in [0.2, 0.25) is 0 Å². The van der Waals surface area contributed by atoms with Crippen molar-refractivity contribution >= 4 is 29.0 Å². The molecule has 1 atom stereocenters. The first-order chi connectivity index (χ1) is 14.5. The number of anilines is 4. The van der Waals surface area contributed by atoms with Crippen molar-refractivity contribution < 1.29 is 9.90 Å². The van der Waals surface area contributed by atoms with Gasteiger partial charge >= 0.3 is 0 Å². The molecule has 8 heteroatoms. The van der Waals surface area contributed by atoms with Gasteiger partial charge in [-0.05, 0) is 50.0 Å². The lowest BCUT2D eigenvalue weighted by Gasteiger charge is -2.13. The molecule has 8 nitrogen and oxygen atoms in total. The van der Waals surface area contributed by atoms with Crippen LogP contribution in [-0.4, -0.2) is 53.1 Å². The van der Waals surface area contributed by atoms with Crippen LogP contribution in [0, 0.1) is 0 Å². The molecule has 1 heterocycles. The summed E-state index contributed by atoms with van der Waals surface area (Å²) in [5, 5.41) is 19.4.